The van der Waals surface area contributed by atoms with E-state index in [9.17, 15) is 0 Å². The van der Waals surface area contributed by atoms with Crippen molar-refractivity contribution in [3.8, 4) is 0 Å². The molecule has 1 atom stereocenters. The molecule has 80 valence electrons. The average Bonchev–Trinajstić information content (AvgIpc) is 2.95. The van der Waals surface area contributed by atoms with E-state index in [1.807, 2.05) is 0 Å². The van der Waals surface area contributed by atoms with E-state index >= 15 is 0 Å². The van der Waals surface area contributed by atoms with Gasteiger partial charge < -0.3 is 10.6 Å². The molecule has 1 aromatic carbocycles. The minimum Gasteiger partial charge on any atom is -0.369 e. The van der Waals surface area contributed by atoms with E-state index in [4.69, 9.17) is 5.73 Å². The van der Waals surface area contributed by atoms with E-state index in [1.165, 1.54) is 30.6 Å². The van der Waals surface area contributed by atoms with Crippen LogP contribution in [-0.4, -0.2) is 13.1 Å². The minimum atomic E-state index is 0.191. The van der Waals surface area contributed by atoms with Crippen LogP contribution in [0.5, 0.6) is 0 Å². The summed E-state index contributed by atoms with van der Waals surface area (Å²) in [6.45, 7) is 2.19. The molecule has 1 heterocycles. The Morgan fingerprint density at radius 2 is 2.20 bits per heavy atom. The lowest BCUT2D eigenvalue weighted by Gasteiger charge is -2.18. The Morgan fingerprint density at radius 3 is 2.93 bits per heavy atom. The number of hydrogen-bond acceptors (Lipinski definition) is 2. The molecule has 3 heteroatoms. The summed E-state index contributed by atoms with van der Waals surface area (Å²) >= 11 is 3.50. The molecule has 1 unspecified atom stereocenters. The third kappa shape index (κ3) is 1.79. The maximum Gasteiger partial charge on any atom is 0.0494 e. The maximum atomic E-state index is 6.14. The van der Waals surface area contributed by atoms with Crippen LogP contribution >= 0.6 is 15.9 Å². The number of rotatable bonds is 2. The van der Waals surface area contributed by atoms with Gasteiger partial charge >= 0.3 is 0 Å². The molecule has 0 aromatic heterocycles. The van der Waals surface area contributed by atoms with Crippen LogP contribution in [0.1, 0.15) is 24.4 Å². The highest BCUT2D eigenvalue weighted by atomic mass is 79.9. The van der Waals surface area contributed by atoms with Crippen molar-refractivity contribution in [3.05, 3.63) is 28.2 Å². The van der Waals surface area contributed by atoms with E-state index in [1.54, 1.807) is 0 Å². The molecule has 1 aliphatic carbocycles. The number of nitrogens with two attached hydrogens (primary N) is 1. The van der Waals surface area contributed by atoms with Gasteiger partial charge in [0.05, 0.1) is 0 Å². The molecule has 2 aliphatic rings. The normalized spacial score (nSPS) is 24.4. The largest absolute Gasteiger partial charge is 0.369 e. The zero-order chi connectivity index (χ0) is 10.4. The predicted octanol–water partition coefficient (Wildman–Crippen LogP) is 2.68. The molecule has 1 fully saturated rings. The average molecular weight is 267 g/mol. The second kappa shape index (κ2) is 3.49. The Kier molecular flexibility index (Phi) is 2.25. The molecule has 0 saturated heterocycles. The number of anilines is 1. The van der Waals surface area contributed by atoms with Gasteiger partial charge in [-0.15, -0.1) is 0 Å². The Labute approximate surface area is 98.6 Å². The molecule has 0 amide bonds. The van der Waals surface area contributed by atoms with Crippen LogP contribution in [0.4, 0.5) is 5.69 Å². The number of hydrogen-bond donors (Lipinski definition) is 1. The molecule has 1 aromatic rings. The Hall–Kier alpha value is -0.540. The van der Waals surface area contributed by atoms with Crippen molar-refractivity contribution in [2.45, 2.75) is 18.9 Å². The van der Waals surface area contributed by atoms with Gasteiger partial charge in [-0.2, -0.15) is 0 Å². The molecule has 1 saturated carbocycles. The summed E-state index contributed by atoms with van der Waals surface area (Å²) in [6.07, 6.45) is 2.80. The van der Waals surface area contributed by atoms with E-state index in [0.29, 0.717) is 0 Å². The predicted molar refractivity (Wildman–Crippen MR) is 66.0 cm³/mol. The first kappa shape index (κ1) is 9.67. The van der Waals surface area contributed by atoms with E-state index < -0.39 is 0 Å². The molecule has 3 rings (SSSR count). The van der Waals surface area contributed by atoms with Gasteiger partial charge in [0.15, 0.2) is 0 Å². The van der Waals surface area contributed by atoms with Crippen molar-refractivity contribution in [2.24, 2.45) is 11.7 Å². The van der Waals surface area contributed by atoms with E-state index in [0.717, 1.165) is 16.9 Å². The molecule has 0 bridgehead atoms. The topological polar surface area (TPSA) is 29.3 Å². The Balaban J connectivity index is 1.90. The van der Waals surface area contributed by atoms with Gasteiger partial charge in [-0.3, -0.25) is 0 Å². The van der Waals surface area contributed by atoms with Gasteiger partial charge in [0.1, 0.15) is 0 Å². The third-order valence-electron chi connectivity index (χ3n) is 3.32. The van der Waals surface area contributed by atoms with Gasteiger partial charge in [-0.25, -0.2) is 0 Å². The van der Waals surface area contributed by atoms with E-state index in [2.05, 4.69) is 39.0 Å². The van der Waals surface area contributed by atoms with Gasteiger partial charge in [0.2, 0.25) is 0 Å². The quantitative estimate of drug-likeness (QED) is 0.892. The SMILES string of the molecule is NC1CN(CC2CC2)c2ccc(Br)cc21. The first-order chi connectivity index (χ1) is 7.24. The van der Waals surface area contributed by atoms with Gasteiger partial charge in [0.25, 0.3) is 0 Å². The third-order valence-corrected chi connectivity index (χ3v) is 3.82. The van der Waals surface area contributed by atoms with Crippen molar-refractivity contribution in [3.63, 3.8) is 0 Å². The second-order valence-corrected chi connectivity index (χ2v) is 5.57. The lowest BCUT2D eigenvalue weighted by Crippen LogP contribution is -2.26. The summed E-state index contributed by atoms with van der Waals surface area (Å²) < 4.78 is 1.13. The molecule has 1 aliphatic heterocycles. The van der Waals surface area contributed by atoms with Crippen molar-refractivity contribution in [2.75, 3.05) is 18.0 Å². The van der Waals surface area contributed by atoms with Gasteiger partial charge in [0, 0.05) is 29.3 Å². The lowest BCUT2D eigenvalue weighted by molar-refractivity contribution is 0.686. The fourth-order valence-corrected chi connectivity index (χ4v) is 2.71. The van der Waals surface area contributed by atoms with Crippen LogP contribution in [0.25, 0.3) is 0 Å². The molecule has 15 heavy (non-hydrogen) atoms. The highest BCUT2D eigenvalue weighted by Crippen LogP contribution is 2.39. The first-order valence-corrected chi connectivity index (χ1v) is 6.33. The minimum absolute atomic E-state index is 0.191. The van der Waals surface area contributed by atoms with Crippen molar-refractivity contribution >= 4 is 21.6 Å². The van der Waals surface area contributed by atoms with Crippen LogP contribution in [0.2, 0.25) is 0 Å². The van der Waals surface area contributed by atoms with E-state index in [-0.39, 0.29) is 6.04 Å². The molecule has 2 nitrogen and oxygen atoms in total. The van der Waals surface area contributed by atoms with Crippen molar-refractivity contribution in [1.82, 2.24) is 0 Å². The molecular weight excluding hydrogens is 252 g/mol. The zero-order valence-electron chi connectivity index (χ0n) is 8.62. The summed E-state index contributed by atoms with van der Waals surface area (Å²) in [5, 5.41) is 0. The summed E-state index contributed by atoms with van der Waals surface area (Å²) in [5.74, 6) is 0.923. The van der Waals surface area contributed by atoms with Crippen LogP contribution in [0.3, 0.4) is 0 Å². The lowest BCUT2D eigenvalue weighted by atomic mass is 10.1. The standard InChI is InChI=1S/C12H15BrN2/c13-9-3-4-12-10(5-9)11(14)7-15(12)6-8-1-2-8/h3-5,8,11H,1-2,6-7,14H2. The van der Waals surface area contributed by atoms with Crippen LogP contribution in [0.15, 0.2) is 22.7 Å². The summed E-state index contributed by atoms with van der Waals surface area (Å²) in [7, 11) is 0. The summed E-state index contributed by atoms with van der Waals surface area (Å²) in [6, 6.07) is 6.65. The maximum absolute atomic E-state index is 6.14. The molecule has 0 spiro atoms. The molecule has 2 N–H and O–H groups in total. The van der Waals surface area contributed by atoms with Gasteiger partial charge in [-0.05, 0) is 42.5 Å². The second-order valence-electron chi connectivity index (χ2n) is 4.66. The monoisotopic (exact) mass is 266 g/mol. The number of nitrogens with zero attached hydrogens (tertiary/aromatic N) is 1. The summed E-state index contributed by atoms with van der Waals surface area (Å²) in [4.78, 5) is 2.45. The molecule has 0 radical (unpaired) electrons. The number of fused-ring (bicyclic) bond motifs is 1. The summed E-state index contributed by atoms with van der Waals surface area (Å²) in [5.41, 5.74) is 8.78. The van der Waals surface area contributed by atoms with Crippen molar-refractivity contribution in [1.29, 1.82) is 0 Å². The van der Waals surface area contributed by atoms with Crippen molar-refractivity contribution < 1.29 is 0 Å². The zero-order valence-corrected chi connectivity index (χ0v) is 10.2. The van der Waals surface area contributed by atoms with Crippen LogP contribution in [-0.2, 0) is 0 Å². The highest BCUT2D eigenvalue weighted by Gasteiger charge is 2.31. The first-order valence-electron chi connectivity index (χ1n) is 5.54. The number of benzene rings is 1. The van der Waals surface area contributed by atoms with Crippen LogP contribution in [0, 0.1) is 5.92 Å². The fraction of sp³-hybridized carbons (Fsp3) is 0.500. The number of halogens is 1. The Bertz CT molecular complexity index is 387. The highest BCUT2D eigenvalue weighted by molar-refractivity contribution is 9.10. The fourth-order valence-electron chi connectivity index (χ4n) is 2.33. The van der Waals surface area contributed by atoms with Gasteiger partial charge in [-0.1, -0.05) is 15.9 Å². The smallest absolute Gasteiger partial charge is 0.0494 e. The Morgan fingerprint density at radius 1 is 1.40 bits per heavy atom. The molecular formula is C12H15BrN2. The van der Waals surface area contributed by atoms with Crippen LogP contribution < -0.4 is 10.6 Å².